The first-order valence-electron chi connectivity index (χ1n) is 10.5. The first kappa shape index (κ1) is 21.0. The lowest BCUT2D eigenvalue weighted by molar-refractivity contribution is -0.127. The standard InChI is InChI=1S/C22H25FN4O4/c1-3-31-20(29)17-12-18-19(28)27(16-10-6-7-14(23)11-16)22(2,13-26(18)25-17)21(30)24-15-8-4-5-9-15/h6-7,10-12,15H,3-5,8-9,13H2,1-2H3,(H,24,30). The Kier molecular flexibility index (Phi) is 5.51. The number of carbonyl (C=O) groups excluding carboxylic acids is 3. The van der Waals surface area contributed by atoms with E-state index in [4.69, 9.17) is 4.74 Å². The molecule has 1 unspecified atom stereocenters. The minimum absolute atomic E-state index is 0.00940. The number of aromatic nitrogens is 2. The van der Waals surface area contributed by atoms with E-state index < -0.39 is 23.2 Å². The zero-order valence-electron chi connectivity index (χ0n) is 17.6. The highest BCUT2D eigenvalue weighted by Gasteiger charge is 2.49. The third-order valence-electron chi connectivity index (χ3n) is 5.88. The third kappa shape index (κ3) is 3.80. The van der Waals surface area contributed by atoms with E-state index in [9.17, 15) is 18.8 Å². The van der Waals surface area contributed by atoms with E-state index in [1.165, 1.54) is 33.8 Å². The van der Waals surface area contributed by atoms with Gasteiger partial charge < -0.3 is 10.1 Å². The van der Waals surface area contributed by atoms with E-state index >= 15 is 0 Å². The molecule has 2 amide bonds. The molecule has 1 atom stereocenters. The molecule has 0 spiro atoms. The molecule has 1 aromatic carbocycles. The van der Waals surface area contributed by atoms with E-state index in [1.807, 2.05) is 0 Å². The van der Waals surface area contributed by atoms with Crippen molar-refractivity contribution in [1.29, 1.82) is 0 Å². The van der Waals surface area contributed by atoms with Gasteiger partial charge in [-0.15, -0.1) is 0 Å². The van der Waals surface area contributed by atoms with Gasteiger partial charge in [0.25, 0.3) is 5.91 Å². The number of nitrogens with one attached hydrogen (secondary N) is 1. The molecule has 0 bridgehead atoms. The van der Waals surface area contributed by atoms with Gasteiger partial charge in [-0.1, -0.05) is 18.9 Å². The maximum Gasteiger partial charge on any atom is 0.358 e. The average molecular weight is 428 g/mol. The second-order valence-corrected chi connectivity index (χ2v) is 8.14. The molecule has 31 heavy (non-hydrogen) atoms. The molecular formula is C22H25FN4O4. The summed E-state index contributed by atoms with van der Waals surface area (Å²) < 4.78 is 20.4. The molecule has 2 aliphatic rings. The van der Waals surface area contributed by atoms with Crippen molar-refractivity contribution < 1.29 is 23.5 Å². The van der Waals surface area contributed by atoms with Crippen LogP contribution in [0.2, 0.25) is 0 Å². The zero-order chi connectivity index (χ0) is 22.2. The number of anilines is 1. The summed E-state index contributed by atoms with van der Waals surface area (Å²) in [7, 11) is 0. The maximum absolute atomic E-state index is 14.0. The fraction of sp³-hybridized carbons (Fsp3) is 0.455. The van der Waals surface area contributed by atoms with Gasteiger partial charge in [0.1, 0.15) is 17.1 Å². The second kappa shape index (κ2) is 8.13. The normalized spacial score (nSPS) is 21.1. The van der Waals surface area contributed by atoms with E-state index in [0.717, 1.165) is 25.7 Å². The Morgan fingerprint density at radius 1 is 1.29 bits per heavy atom. The van der Waals surface area contributed by atoms with Crippen LogP contribution in [0.25, 0.3) is 0 Å². The van der Waals surface area contributed by atoms with Crippen LogP contribution in [0.4, 0.5) is 10.1 Å². The van der Waals surface area contributed by atoms with Crippen LogP contribution in [0.5, 0.6) is 0 Å². The molecule has 1 aliphatic heterocycles. The number of rotatable bonds is 5. The van der Waals surface area contributed by atoms with Gasteiger partial charge in [0.2, 0.25) is 5.91 Å². The van der Waals surface area contributed by atoms with Crippen LogP contribution in [0.15, 0.2) is 30.3 Å². The van der Waals surface area contributed by atoms with Crippen molar-refractivity contribution in [2.45, 2.75) is 57.7 Å². The summed E-state index contributed by atoms with van der Waals surface area (Å²) in [6.45, 7) is 3.50. The average Bonchev–Trinajstić information content (AvgIpc) is 3.38. The van der Waals surface area contributed by atoms with Crippen LogP contribution in [-0.4, -0.2) is 45.8 Å². The number of carbonyl (C=O) groups is 3. The lowest BCUT2D eigenvalue weighted by Gasteiger charge is -2.43. The van der Waals surface area contributed by atoms with Crippen LogP contribution in [0.1, 0.15) is 60.5 Å². The number of amides is 2. The highest BCUT2D eigenvalue weighted by atomic mass is 19.1. The summed E-state index contributed by atoms with van der Waals surface area (Å²) in [5.74, 6) is -2.04. The van der Waals surface area contributed by atoms with Crippen LogP contribution < -0.4 is 10.2 Å². The summed E-state index contributed by atoms with van der Waals surface area (Å²) in [4.78, 5) is 40.3. The predicted molar refractivity (Wildman–Crippen MR) is 110 cm³/mol. The van der Waals surface area contributed by atoms with Gasteiger partial charge in [0.05, 0.1) is 13.2 Å². The fourth-order valence-electron chi connectivity index (χ4n) is 4.32. The molecule has 1 N–H and O–H groups in total. The Bertz CT molecular complexity index is 1030. The number of esters is 1. The fourth-order valence-corrected chi connectivity index (χ4v) is 4.32. The SMILES string of the molecule is CCOC(=O)c1cc2n(n1)CC(C)(C(=O)NC1CCCC1)N(c1cccc(F)c1)C2=O. The van der Waals surface area contributed by atoms with Crippen LogP contribution >= 0.6 is 0 Å². The van der Waals surface area contributed by atoms with E-state index in [0.29, 0.717) is 0 Å². The zero-order valence-corrected chi connectivity index (χ0v) is 17.6. The number of hydrogen-bond donors (Lipinski definition) is 1. The lowest BCUT2D eigenvalue weighted by atomic mass is 9.93. The third-order valence-corrected chi connectivity index (χ3v) is 5.88. The van der Waals surface area contributed by atoms with Crippen molar-refractivity contribution in [2.24, 2.45) is 0 Å². The topological polar surface area (TPSA) is 93.5 Å². The molecule has 2 heterocycles. The van der Waals surface area contributed by atoms with Crippen molar-refractivity contribution in [3.63, 3.8) is 0 Å². The van der Waals surface area contributed by atoms with Gasteiger partial charge in [0, 0.05) is 17.8 Å². The van der Waals surface area contributed by atoms with Gasteiger partial charge in [-0.3, -0.25) is 19.2 Å². The molecule has 1 fully saturated rings. The molecule has 9 heteroatoms. The van der Waals surface area contributed by atoms with E-state index in [-0.39, 0.29) is 42.2 Å². The highest BCUT2D eigenvalue weighted by Crippen LogP contribution is 2.33. The first-order chi connectivity index (χ1) is 14.8. The molecule has 1 aliphatic carbocycles. The molecule has 0 radical (unpaired) electrons. The van der Waals surface area contributed by atoms with Gasteiger partial charge in [-0.2, -0.15) is 5.10 Å². The van der Waals surface area contributed by atoms with E-state index in [1.54, 1.807) is 19.9 Å². The predicted octanol–water partition coefficient (Wildman–Crippen LogP) is 2.68. The lowest BCUT2D eigenvalue weighted by Crippen LogP contribution is -2.65. The second-order valence-electron chi connectivity index (χ2n) is 8.14. The van der Waals surface area contributed by atoms with Crippen LogP contribution in [0, 0.1) is 5.82 Å². The molecular weight excluding hydrogens is 403 g/mol. The number of nitrogens with zero attached hydrogens (tertiary/aromatic N) is 3. The van der Waals surface area contributed by atoms with Gasteiger partial charge in [0.15, 0.2) is 5.69 Å². The number of fused-ring (bicyclic) bond motifs is 1. The minimum Gasteiger partial charge on any atom is -0.461 e. The minimum atomic E-state index is -1.36. The Morgan fingerprint density at radius 2 is 2.03 bits per heavy atom. The molecule has 0 saturated heterocycles. The Balaban J connectivity index is 1.76. The molecule has 1 saturated carbocycles. The highest BCUT2D eigenvalue weighted by molar-refractivity contribution is 6.12. The summed E-state index contributed by atoms with van der Waals surface area (Å²) in [6.07, 6.45) is 3.85. The number of halogens is 1. The Hall–Kier alpha value is -3.23. The Labute approximate surface area is 179 Å². The number of benzene rings is 1. The quantitative estimate of drug-likeness (QED) is 0.739. The van der Waals surface area contributed by atoms with Crippen molar-refractivity contribution in [2.75, 3.05) is 11.5 Å². The van der Waals surface area contributed by atoms with Gasteiger partial charge >= 0.3 is 5.97 Å². The summed E-state index contributed by atoms with van der Waals surface area (Å²) in [6, 6.07) is 6.96. The van der Waals surface area contributed by atoms with Gasteiger partial charge in [-0.25, -0.2) is 9.18 Å². The summed E-state index contributed by atoms with van der Waals surface area (Å²) in [5, 5.41) is 7.26. The van der Waals surface area contributed by atoms with Gasteiger partial charge in [-0.05, 0) is 44.9 Å². The summed E-state index contributed by atoms with van der Waals surface area (Å²) >= 11 is 0. The smallest absolute Gasteiger partial charge is 0.358 e. The van der Waals surface area contributed by atoms with Crippen LogP contribution in [0.3, 0.4) is 0 Å². The van der Waals surface area contributed by atoms with Crippen LogP contribution in [-0.2, 0) is 16.1 Å². The molecule has 164 valence electrons. The summed E-state index contributed by atoms with van der Waals surface area (Å²) in [5.41, 5.74) is -0.971. The molecule has 8 nitrogen and oxygen atoms in total. The monoisotopic (exact) mass is 428 g/mol. The number of ether oxygens (including phenoxy) is 1. The largest absolute Gasteiger partial charge is 0.461 e. The maximum atomic E-state index is 14.0. The van der Waals surface area contributed by atoms with Crippen molar-refractivity contribution in [3.05, 3.63) is 47.5 Å². The molecule has 2 aromatic rings. The van der Waals surface area contributed by atoms with Crippen molar-refractivity contribution in [1.82, 2.24) is 15.1 Å². The molecule has 4 rings (SSSR count). The van der Waals surface area contributed by atoms with Crippen molar-refractivity contribution in [3.8, 4) is 0 Å². The first-order valence-corrected chi connectivity index (χ1v) is 10.5. The Morgan fingerprint density at radius 3 is 2.71 bits per heavy atom. The molecule has 1 aromatic heterocycles. The number of hydrogen-bond acceptors (Lipinski definition) is 5. The van der Waals surface area contributed by atoms with Crippen molar-refractivity contribution >= 4 is 23.5 Å². The van der Waals surface area contributed by atoms with E-state index in [2.05, 4.69) is 10.4 Å².